The van der Waals surface area contributed by atoms with Gasteiger partial charge in [-0.2, -0.15) is 5.10 Å². The highest BCUT2D eigenvalue weighted by molar-refractivity contribution is 6.00. The summed E-state index contributed by atoms with van der Waals surface area (Å²) in [7, 11) is 3.07. The molecule has 0 saturated carbocycles. The molecule has 1 atom stereocenters. The van der Waals surface area contributed by atoms with Gasteiger partial charge in [0, 0.05) is 20.4 Å². The third kappa shape index (κ3) is 2.74. The molecule has 102 valence electrons. The van der Waals surface area contributed by atoms with Gasteiger partial charge in [-0.15, -0.1) is 0 Å². The maximum Gasteiger partial charge on any atom is 0.255 e. The average molecular weight is 263 g/mol. The zero-order valence-electron chi connectivity index (χ0n) is 11.2. The molecular formula is C13H17N3O3. The number of carbonyl (C=O) groups is 1. The lowest BCUT2D eigenvalue weighted by molar-refractivity contribution is -0.117. The molecule has 19 heavy (non-hydrogen) atoms. The molecule has 2 rings (SSSR count). The Labute approximate surface area is 111 Å². The summed E-state index contributed by atoms with van der Waals surface area (Å²) in [4.78, 5) is 12.2. The number of carbonyl (C=O) groups excluding carboxylic acids is 1. The SMILES string of the molecule is COC(OC)C(C)NC(=O)c1cnn2ccccc12. The summed E-state index contributed by atoms with van der Waals surface area (Å²) in [5.41, 5.74) is 1.29. The van der Waals surface area contributed by atoms with Crippen LogP contribution in [0, 0.1) is 0 Å². The highest BCUT2D eigenvalue weighted by Crippen LogP contribution is 2.10. The van der Waals surface area contributed by atoms with Crippen molar-refractivity contribution >= 4 is 11.4 Å². The Morgan fingerprint density at radius 3 is 2.79 bits per heavy atom. The molecule has 0 bridgehead atoms. The monoisotopic (exact) mass is 263 g/mol. The lowest BCUT2D eigenvalue weighted by atomic mass is 10.2. The van der Waals surface area contributed by atoms with E-state index in [-0.39, 0.29) is 11.9 Å². The number of hydrogen-bond acceptors (Lipinski definition) is 4. The Kier molecular flexibility index (Phi) is 4.13. The van der Waals surface area contributed by atoms with E-state index in [1.165, 1.54) is 14.2 Å². The largest absolute Gasteiger partial charge is 0.354 e. The molecule has 0 spiro atoms. The first-order valence-corrected chi connectivity index (χ1v) is 5.96. The van der Waals surface area contributed by atoms with Gasteiger partial charge in [0.1, 0.15) is 0 Å². The summed E-state index contributed by atoms with van der Waals surface area (Å²) in [5.74, 6) is -0.201. The minimum Gasteiger partial charge on any atom is -0.354 e. The zero-order valence-corrected chi connectivity index (χ0v) is 11.2. The van der Waals surface area contributed by atoms with Gasteiger partial charge < -0.3 is 14.8 Å². The van der Waals surface area contributed by atoms with E-state index in [9.17, 15) is 4.79 Å². The normalized spacial score (nSPS) is 12.8. The Bertz CT molecular complexity index is 563. The van der Waals surface area contributed by atoms with Gasteiger partial charge in [-0.05, 0) is 19.1 Å². The van der Waals surface area contributed by atoms with E-state index in [1.54, 1.807) is 16.9 Å². The Hall–Kier alpha value is -1.92. The molecule has 0 aliphatic heterocycles. The number of nitrogens with zero attached hydrogens (tertiary/aromatic N) is 2. The second-order valence-electron chi connectivity index (χ2n) is 4.19. The van der Waals surface area contributed by atoms with Crippen molar-refractivity contribution in [2.75, 3.05) is 14.2 Å². The number of ether oxygens (including phenoxy) is 2. The number of aromatic nitrogens is 2. The fourth-order valence-corrected chi connectivity index (χ4v) is 1.97. The second kappa shape index (κ2) is 5.81. The maximum absolute atomic E-state index is 12.2. The van der Waals surface area contributed by atoms with Crippen molar-refractivity contribution in [3.05, 3.63) is 36.2 Å². The van der Waals surface area contributed by atoms with Crippen LogP contribution in [0.4, 0.5) is 0 Å². The fourth-order valence-electron chi connectivity index (χ4n) is 1.97. The summed E-state index contributed by atoms with van der Waals surface area (Å²) in [6.07, 6.45) is 2.86. The first-order chi connectivity index (χ1) is 9.17. The molecule has 0 radical (unpaired) electrons. The molecule has 2 heterocycles. The third-order valence-corrected chi connectivity index (χ3v) is 2.90. The van der Waals surface area contributed by atoms with Crippen molar-refractivity contribution < 1.29 is 14.3 Å². The van der Waals surface area contributed by atoms with E-state index in [0.717, 1.165) is 5.52 Å². The first kappa shape index (κ1) is 13.5. The molecule has 1 unspecified atom stereocenters. The molecule has 0 aliphatic carbocycles. The average Bonchev–Trinajstić information content (AvgIpc) is 2.84. The van der Waals surface area contributed by atoms with Gasteiger partial charge in [-0.1, -0.05) is 6.07 Å². The molecule has 1 amide bonds. The van der Waals surface area contributed by atoms with Crippen molar-refractivity contribution in [2.24, 2.45) is 0 Å². The van der Waals surface area contributed by atoms with Gasteiger partial charge in [-0.25, -0.2) is 4.52 Å². The number of hydrogen-bond donors (Lipinski definition) is 1. The van der Waals surface area contributed by atoms with Crippen LogP contribution in [0.15, 0.2) is 30.6 Å². The van der Waals surface area contributed by atoms with E-state index in [4.69, 9.17) is 9.47 Å². The first-order valence-electron chi connectivity index (χ1n) is 5.96. The molecule has 1 N–H and O–H groups in total. The highest BCUT2D eigenvalue weighted by atomic mass is 16.7. The van der Waals surface area contributed by atoms with Crippen molar-refractivity contribution in [1.29, 1.82) is 0 Å². The Morgan fingerprint density at radius 1 is 1.37 bits per heavy atom. The van der Waals surface area contributed by atoms with Crippen LogP contribution in [0.5, 0.6) is 0 Å². The molecule has 0 aromatic carbocycles. The number of nitrogens with one attached hydrogen (secondary N) is 1. The minimum atomic E-state index is -0.481. The molecule has 6 heteroatoms. The topological polar surface area (TPSA) is 64.9 Å². The molecule has 2 aromatic heterocycles. The van der Waals surface area contributed by atoms with Gasteiger partial charge in [0.05, 0.1) is 23.3 Å². The number of amides is 1. The standard InChI is InChI=1S/C13H17N3O3/c1-9(13(18-2)19-3)15-12(17)10-8-14-16-7-5-4-6-11(10)16/h4-9,13H,1-3H3,(H,15,17). The molecule has 0 saturated heterocycles. The number of fused-ring (bicyclic) bond motifs is 1. The quantitative estimate of drug-likeness (QED) is 0.820. The molecule has 0 aliphatic rings. The van der Waals surface area contributed by atoms with E-state index in [1.807, 2.05) is 25.1 Å². The lowest BCUT2D eigenvalue weighted by Gasteiger charge is -2.21. The van der Waals surface area contributed by atoms with Crippen LogP contribution in [0.1, 0.15) is 17.3 Å². The van der Waals surface area contributed by atoms with Crippen LogP contribution in [-0.4, -0.2) is 42.1 Å². The summed E-state index contributed by atoms with van der Waals surface area (Å²) >= 11 is 0. The maximum atomic E-state index is 12.2. The van der Waals surface area contributed by atoms with E-state index >= 15 is 0 Å². The predicted molar refractivity (Wildman–Crippen MR) is 69.9 cm³/mol. The van der Waals surface area contributed by atoms with Gasteiger partial charge >= 0.3 is 0 Å². The summed E-state index contributed by atoms with van der Waals surface area (Å²) < 4.78 is 11.9. The zero-order chi connectivity index (χ0) is 13.8. The van der Waals surface area contributed by atoms with Gasteiger partial charge in [-0.3, -0.25) is 4.79 Å². The predicted octanol–water partition coefficient (Wildman–Crippen LogP) is 1.07. The van der Waals surface area contributed by atoms with Crippen LogP contribution in [0.3, 0.4) is 0 Å². The van der Waals surface area contributed by atoms with Crippen molar-refractivity contribution in [1.82, 2.24) is 14.9 Å². The van der Waals surface area contributed by atoms with Crippen LogP contribution >= 0.6 is 0 Å². The van der Waals surface area contributed by atoms with E-state index < -0.39 is 6.29 Å². The van der Waals surface area contributed by atoms with Crippen molar-refractivity contribution in [3.8, 4) is 0 Å². The second-order valence-corrected chi connectivity index (χ2v) is 4.19. The van der Waals surface area contributed by atoms with Crippen molar-refractivity contribution in [2.45, 2.75) is 19.3 Å². The van der Waals surface area contributed by atoms with Gasteiger partial charge in [0.25, 0.3) is 5.91 Å². The molecule has 0 fully saturated rings. The summed E-state index contributed by atoms with van der Waals surface area (Å²) in [6, 6.07) is 5.30. The Balaban J connectivity index is 2.16. The smallest absolute Gasteiger partial charge is 0.255 e. The van der Waals surface area contributed by atoms with E-state index in [2.05, 4.69) is 10.4 Å². The highest BCUT2D eigenvalue weighted by Gasteiger charge is 2.20. The van der Waals surface area contributed by atoms with Crippen LogP contribution in [0.25, 0.3) is 5.52 Å². The molecular weight excluding hydrogens is 246 g/mol. The van der Waals surface area contributed by atoms with Crippen LogP contribution < -0.4 is 5.32 Å². The lowest BCUT2D eigenvalue weighted by Crippen LogP contribution is -2.42. The van der Waals surface area contributed by atoms with Crippen LogP contribution in [-0.2, 0) is 9.47 Å². The minimum absolute atomic E-state index is 0.201. The van der Waals surface area contributed by atoms with Crippen LogP contribution in [0.2, 0.25) is 0 Å². The van der Waals surface area contributed by atoms with Gasteiger partial charge in [0.2, 0.25) is 0 Å². The number of methoxy groups -OCH3 is 2. The number of rotatable bonds is 5. The number of pyridine rings is 1. The third-order valence-electron chi connectivity index (χ3n) is 2.90. The molecule has 2 aromatic rings. The van der Waals surface area contributed by atoms with Crippen molar-refractivity contribution in [3.63, 3.8) is 0 Å². The summed E-state index contributed by atoms with van der Waals surface area (Å²) in [5, 5.41) is 6.96. The fraction of sp³-hybridized carbons (Fsp3) is 0.385. The van der Waals surface area contributed by atoms with Gasteiger partial charge in [0.15, 0.2) is 6.29 Å². The summed E-state index contributed by atoms with van der Waals surface area (Å²) in [6.45, 7) is 1.82. The Morgan fingerprint density at radius 2 is 2.11 bits per heavy atom. The molecule has 6 nitrogen and oxygen atoms in total. The van der Waals surface area contributed by atoms with E-state index in [0.29, 0.717) is 5.56 Å².